The van der Waals surface area contributed by atoms with Crippen LogP contribution in [0.2, 0.25) is 0 Å². The summed E-state index contributed by atoms with van der Waals surface area (Å²) in [5.41, 5.74) is 0.898. The predicted molar refractivity (Wildman–Crippen MR) is 85.7 cm³/mol. The van der Waals surface area contributed by atoms with Gasteiger partial charge in [0.2, 0.25) is 0 Å². The number of rotatable bonds is 7. The molecule has 0 aliphatic carbocycles. The number of nitrogens with zero attached hydrogens (tertiary/aromatic N) is 2. The van der Waals surface area contributed by atoms with Gasteiger partial charge in [-0.05, 0) is 46.5 Å². The molecule has 0 bridgehead atoms. The number of hydrogen-bond donors (Lipinski definition) is 1. The second-order valence-electron chi connectivity index (χ2n) is 6.04. The van der Waals surface area contributed by atoms with Crippen LogP contribution < -0.4 is 4.74 Å². The largest absolute Gasteiger partial charge is 0.493 e. The minimum absolute atomic E-state index is 0.490. The van der Waals surface area contributed by atoms with Gasteiger partial charge in [0.1, 0.15) is 5.75 Å². The Kier molecular flexibility index (Phi) is 6.03. The lowest BCUT2D eigenvalue weighted by Gasteiger charge is -2.29. The van der Waals surface area contributed by atoms with Crippen LogP contribution in [0.4, 0.5) is 0 Å². The fourth-order valence-corrected chi connectivity index (χ4v) is 3.13. The molecule has 1 N–H and O–H groups in total. The first-order chi connectivity index (χ1) is 10.1. The normalized spacial score (nSPS) is 20.9. The van der Waals surface area contributed by atoms with Crippen molar-refractivity contribution >= 4 is 0 Å². The molecule has 118 valence electrons. The smallest absolute Gasteiger partial charge is 0.125 e. The number of hydrogen-bond acceptors (Lipinski definition) is 4. The number of ether oxygens (including phenoxy) is 1. The van der Waals surface area contributed by atoms with Crippen molar-refractivity contribution in [3.63, 3.8) is 0 Å². The van der Waals surface area contributed by atoms with Gasteiger partial charge in [-0.3, -0.25) is 4.90 Å². The summed E-state index contributed by atoms with van der Waals surface area (Å²) in [6.07, 6.45) is 1.95. The maximum atomic E-state index is 10.6. The van der Waals surface area contributed by atoms with Gasteiger partial charge in [0, 0.05) is 24.7 Å². The zero-order valence-electron chi connectivity index (χ0n) is 13.5. The Hall–Kier alpha value is -1.10. The zero-order chi connectivity index (χ0) is 15.2. The lowest BCUT2D eigenvalue weighted by atomic mass is 10.1. The lowest BCUT2D eigenvalue weighted by molar-refractivity contribution is 0.0956. The molecule has 2 unspecified atom stereocenters. The zero-order valence-corrected chi connectivity index (χ0v) is 13.5. The van der Waals surface area contributed by atoms with E-state index in [-0.39, 0.29) is 0 Å². The summed E-state index contributed by atoms with van der Waals surface area (Å²) in [6.45, 7) is 5.40. The molecule has 1 aliphatic heterocycles. The van der Waals surface area contributed by atoms with Crippen molar-refractivity contribution < 1.29 is 9.84 Å². The molecular weight excluding hydrogens is 264 g/mol. The summed E-state index contributed by atoms with van der Waals surface area (Å²) in [5.74, 6) is 0.802. The van der Waals surface area contributed by atoms with Crippen LogP contribution in [0.1, 0.15) is 31.4 Å². The summed E-state index contributed by atoms with van der Waals surface area (Å²) in [5, 5.41) is 10.6. The van der Waals surface area contributed by atoms with Crippen LogP contribution in [0.15, 0.2) is 24.3 Å². The van der Waals surface area contributed by atoms with Crippen LogP contribution in [0.25, 0.3) is 0 Å². The molecule has 0 amide bonds. The molecule has 1 aromatic rings. The molecule has 1 aliphatic rings. The monoisotopic (exact) mass is 292 g/mol. The number of benzene rings is 1. The maximum absolute atomic E-state index is 10.6. The Morgan fingerprint density at radius 2 is 2.14 bits per heavy atom. The Bertz CT molecular complexity index is 437. The molecule has 21 heavy (non-hydrogen) atoms. The van der Waals surface area contributed by atoms with E-state index in [1.54, 1.807) is 0 Å². The third-order valence-electron chi connectivity index (χ3n) is 4.06. The van der Waals surface area contributed by atoms with Gasteiger partial charge >= 0.3 is 0 Å². The van der Waals surface area contributed by atoms with E-state index in [9.17, 15) is 5.11 Å². The van der Waals surface area contributed by atoms with Crippen LogP contribution in [0, 0.1) is 0 Å². The van der Waals surface area contributed by atoms with Crippen molar-refractivity contribution in [3.8, 4) is 5.75 Å². The number of likely N-dealkylation sites (N-methyl/N-ethyl adjacent to an activating group) is 1. The number of aliphatic hydroxyl groups is 1. The molecule has 1 fully saturated rings. The molecule has 0 aromatic heterocycles. The Balaban J connectivity index is 2.02. The lowest BCUT2D eigenvalue weighted by Crippen LogP contribution is -2.39. The summed E-state index contributed by atoms with van der Waals surface area (Å²) >= 11 is 0. The maximum Gasteiger partial charge on any atom is 0.125 e. The average molecular weight is 292 g/mol. The van der Waals surface area contributed by atoms with Gasteiger partial charge in [-0.2, -0.15) is 0 Å². The predicted octanol–water partition coefficient (Wildman–Crippen LogP) is 2.14. The van der Waals surface area contributed by atoms with Crippen LogP contribution in [-0.2, 0) is 0 Å². The van der Waals surface area contributed by atoms with E-state index in [2.05, 4.69) is 23.9 Å². The van der Waals surface area contributed by atoms with Gasteiger partial charge in [0.25, 0.3) is 0 Å². The van der Waals surface area contributed by atoms with E-state index in [1.165, 1.54) is 12.8 Å². The summed E-state index contributed by atoms with van der Waals surface area (Å²) in [7, 11) is 4.22. The molecule has 4 heteroatoms. The van der Waals surface area contributed by atoms with Crippen molar-refractivity contribution in [3.05, 3.63) is 29.8 Å². The molecular formula is C17H28N2O2. The van der Waals surface area contributed by atoms with E-state index < -0.39 is 6.10 Å². The van der Waals surface area contributed by atoms with E-state index >= 15 is 0 Å². The van der Waals surface area contributed by atoms with Crippen molar-refractivity contribution in [2.75, 3.05) is 40.3 Å². The third-order valence-corrected chi connectivity index (χ3v) is 4.06. The van der Waals surface area contributed by atoms with E-state index in [0.717, 1.165) is 24.4 Å². The Labute approximate surface area is 128 Å². The topological polar surface area (TPSA) is 35.9 Å². The van der Waals surface area contributed by atoms with Crippen LogP contribution in [-0.4, -0.2) is 61.3 Å². The van der Waals surface area contributed by atoms with Gasteiger partial charge in [-0.1, -0.05) is 18.2 Å². The first-order valence-electron chi connectivity index (χ1n) is 7.90. The molecule has 0 saturated carbocycles. The van der Waals surface area contributed by atoms with Crippen molar-refractivity contribution in [1.29, 1.82) is 0 Å². The molecule has 0 spiro atoms. The number of β-amino-alcohol motifs (C(OH)–C–C–N with tert-alkyl or cyclic N) is 1. The van der Waals surface area contributed by atoms with Crippen LogP contribution >= 0.6 is 0 Å². The third kappa shape index (κ3) is 4.43. The summed E-state index contributed by atoms with van der Waals surface area (Å²) in [4.78, 5) is 4.64. The van der Waals surface area contributed by atoms with E-state index in [0.29, 0.717) is 19.2 Å². The summed E-state index contributed by atoms with van der Waals surface area (Å²) < 4.78 is 5.63. The highest BCUT2D eigenvalue weighted by molar-refractivity contribution is 5.35. The van der Waals surface area contributed by atoms with Crippen LogP contribution in [0.5, 0.6) is 5.75 Å². The van der Waals surface area contributed by atoms with Gasteiger partial charge in [-0.25, -0.2) is 0 Å². The highest BCUT2D eigenvalue weighted by Crippen LogP contribution is 2.28. The number of likely N-dealkylation sites (tertiary alicyclic amines) is 1. The van der Waals surface area contributed by atoms with Gasteiger partial charge in [0.15, 0.2) is 0 Å². The second kappa shape index (κ2) is 7.78. The van der Waals surface area contributed by atoms with Crippen molar-refractivity contribution in [2.24, 2.45) is 0 Å². The Morgan fingerprint density at radius 1 is 1.38 bits per heavy atom. The van der Waals surface area contributed by atoms with Crippen LogP contribution in [0.3, 0.4) is 0 Å². The minimum atomic E-state index is -0.490. The SMILES string of the molecule is CCOc1ccccc1C(O)CN1CCCC1CN(C)C. The van der Waals surface area contributed by atoms with Gasteiger partial charge < -0.3 is 14.7 Å². The molecule has 2 atom stereocenters. The highest BCUT2D eigenvalue weighted by atomic mass is 16.5. The van der Waals surface area contributed by atoms with Gasteiger partial charge in [0.05, 0.1) is 12.7 Å². The minimum Gasteiger partial charge on any atom is -0.493 e. The molecule has 4 nitrogen and oxygen atoms in total. The first-order valence-corrected chi connectivity index (χ1v) is 7.90. The molecule has 1 aromatic carbocycles. The van der Waals surface area contributed by atoms with Crippen molar-refractivity contribution in [2.45, 2.75) is 31.9 Å². The van der Waals surface area contributed by atoms with Crippen molar-refractivity contribution in [1.82, 2.24) is 9.80 Å². The second-order valence-corrected chi connectivity index (χ2v) is 6.04. The molecule has 0 radical (unpaired) electrons. The quantitative estimate of drug-likeness (QED) is 0.835. The Morgan fingerprint density at radius 3 is 2.86 bits per heavy atom. The highest BCUT2D eigenvalue weighted by Gasteiger charge is 2.27. The molecule has 2 rings (SSSR count). The number of aliphatic hydroxyl groups excluding tert-OH is 1. The fourth-order valence-electron chi connectivity index (χ4n) is 3.13. The summed E-state index contributed by atoms with van der Waals surface area (Å²) in [6, 6.07) is 8.36. The molecule has 1 heterocycles. The average Bonchev–Trinajstić information content (AvgIpc) is 2.86. The van der Waals surface area contributed by atoms with E-state index in [1.807, 2.05) is 31.2 Å². The first kappa shape index (κ1) is 16.3. The number of para-hydroxylation sites is 1. The standard InChI is InChI=1S/C17H28N2O2/c1-4-21-17-10-6-5-9-15(17)16(20)13-19-11-7-8-14(19)12-18(2)3/h5-6,9-10,14,16,20H,4,7-8,11-13H2,1-3H3. The fraction of sp³-hybridized carbons (Fsp3) is 0.647. The van der Waals surface area contributed by atoms with Gasteiger partial charge in [-0.15, -0.1) is 0 Å². The van der Waals surface area contributed by atoms with E-state index in [4.69, 9.17) is 4.74 Å². The molecule has 1 saturated heterocycles.